The molecule has 2 rings (SSSR count). The minimum absolute atomic E-state index is 0. The molecule has 0 saturated heterocycles. The van der Waals surface area contributed by atoms with E-state index in [2.05, 4.69) is 17.4 Å². The molecule has 0 aromatic heterocycles. The van der Waals surface area contributed by atoms with E-state index in [-0.39, 0.29) is 19.0 Å². The topological polar surface area (TPSA) is 58.6 Å². The van der Waals surface area contributed by atoms with Crippen molar-refractivity contribution in [3.05, 3.63) is 65.7 Å². The molecule has 118 valence electrons. The normalized spacial score (nSPS) is 9.82. The smallest absolute Gasteiger partial charge is 0.341 e. The van der Waals surface area contributed by atoms with Gasteiger partial charge in [0.2, 0.25) is 0 Å². The van der Waals surface area contributed by atoms with E-state index >= 15 is 0 Å². The Morgan fingerprint density at radius 2 is 1.73 bits per heavy atom. The van der Waals surface area contributed by atoms with Gasteiger partial charge in [-0.25, -0.2) is 4.79 Å². The fraction of sp³-hybridized carbons (Fsp3) is 0.235. The van der Waals surface area contributed by atoms with Gasteiger partial charge in [-0.2, -0.15) is 0 Å². The fourth-order valence-corrected chi connectivity index (χ4v) is 2.03. The molecule has 0 aliphatic rings. The molecule has 22 heavy (non-hydrogen) atoms. The van der Waals surface area contributed by atoms with Crippen LogP contribution in [0.25, 0.3) is 0 Å². The minimum Gasteiger partial charge on any atom is -0.482 e. The molecule has 0 radical (unpaired) electrons. The number of benzene rings is 2. The monoisotopic (exact) mass is 321 g/mol. The Morgan fingerprint density at radius 1 is 1.05 bits per heavy atom. The summed E-state index contributed by atoms with van der Waals surface area (Å²) in [6.45, 7) is 1.20. The highest BCUT2D eigenvalue weighted by molar-refractivity contribution is 5.85. The minimum atomic E-state index is -0.971. The van der Waals surface area contributed by atoms with Crippen molar-refractivity contribution in [3.63, 3.8) is 0 Å². The van der Waals surface area contributed by atoms with E-state index in [0.717, 1.165) is 18.5 Å². The van der Waals surface area contributed by atoms with Gasteiger partial charge in [-0.3, -0.25) is 0 Å². The summed E-state index contributed by atoms with van der Waals surface area (Å²) in [6.07, 6.45) is 0.957. The Labute approximate surface area is 136 Å². The summed E-state index contributed by atoms with van der Waals surface area (Å²) < 4.78 is 5.27. The Balaban J connectivity index is 0.00000242. The second kappa shape index (κ2) is 9.82. The van der Waals surface area contributed by atoms with E-state index in [1.807, 2.05) is 36.4 Å². The molecule has 2 aromatic carbocycles. The zero-order chi connectivity index (χ0) is 14.9. The number of ether oxygens (including phenoxy) is 1. The number of hydrogen-bond acceptors (Lipinski definition) is 3. The molecular formula is C17H20ClNO3. The van der Waals surface area contributed by atoms with Gasteiger partial charge in [-0.1, -0.05) is 48.5 Å². The summed E-state index contributed by atoms with van der Waals surface area (Å²) in [6, 6.07) is 17.8. The van der Waals surface area contributed by atoms with Crippen molar-refractivity contribution < 1.29 is 14.6 Å². The van der Waals surface area contributed by atoms with Crippen molar-refractivity contribution in [2.24, 2.45) is 0 Å². The van der Waals surface area contributed by atoms with Crippen LogP contribution in [0.2, 0.25) is 0 Å². The van der Waals surface area contributed by atoms with Gasteiger partial charge < -0.3 is 15.2 Å². The van der Waals surface area contributed by atoms with Crippen LogP contribution in [0.3, 0.4) is 0 Å². The molecule has 0 spiro atoms. The highest BCUT2D eigenvalue weighted by Gasteiger charge is 2.04. The first-order chi connectivity index (χ1) is 10.3. The van der Waals surface area contributed by atoms with E-state index in [1.165, 1.54) is 5.56 Å². The van der Waals surface area contributed by atoms with Crippen LogP contribution in [0, 0.1) is 0 Å². The Morgan fingerprint density at radius 3 is 2.45 bits per heavy atom. The Kier molecular flexibility index (Phi) is 8.04. The van der Waals surface area contributed by atoms with Crippen molar-refractivity contribution in [3.8, 4) is 5.75 Å². The largest absolute Gasteiger partial charge is 0.482 e. The zero-order valence-corrected chi connectivity index (χ0v) is 13.0. The number of hydrogen-bond donors (Lipinski definition) is 2. The molecular weight excluding hydrogens is 302 g/mol. The van der Waals surface area contributed by atoms with Crippen LogP contribution in [-0.2, 0) is 17.8 Å². The summed E-state index contributed by atoms with van der Waals surface area (Å²) in [5.74, 6) is -0.353. The van der Waals surface area contributed by atoms with Crippen molar-refractivity contribution in [2.75, 3.05) is 13.2 Å². The van der Waals surface area contributed by atoms with Crippen LogP contribution in [0.15, 0.2) is 54.6 Å². The molecule has 4 nitrogen and oxygen atoms in total. The lowest BCUT2D eigenvalue weighted by Gasteiger charge is -2.11. The lowest BCUT2D eigenvalue weighted by Crippen LogP contribution is -2.18. The van der Waals surface area contributed by atoms with Crippen LogP contribution >= 0.6 is 12.4 Å². The first kappa shape index (κ1) is 18.0. The van der Waals surface area contributed by atoms with E-state index in [9.17, 15) is 4.79 Å². The highest BCUT2D eigenvalue weighted by Crippen LogP contribution is 2.17. The predicted molar refractivity (Wildman–Crippen MR) is 88.7 cm³/mol. The molecule has 0 heterocycles. The predicted octanol–water partition coefficient (Wildman–Crippen LogP) is 2.90. The van der Waals surface area contributed by atoms with Gasteiger partial charge in [0.1, 0.15) is 5.75 Å². The summed E-state index contributed by atoms with van der Waals surface area (Å²) in [4.78, 5) is 10.6. The van der Waals surface area contributed by atoms with Gasteiger partial charge in [-0.15, -0.1) is 12.4 Å². The SMILES string of the molecule is Cl.O=C(O)COc1ccccc1CNCCc1ccccc1. The fourth-order valence-electron chi connectivity index (χ4n) is 2.03. The number of carbonyl (C=O) groups is 1. The van der Waals surface area contributed by atoms with Crippen LogP contribution in [0.4, 0.5) is 0 Å². The van der Waals surface area contributed by atoms with Gasteiger partial charge in [0, 0.05) is 12.1 Å². The maximum atomic E-state index is 10.6. The zero-order valence-electron chi connectivity index (χ0n) is 12.2. The summed E-state index contributed by atoms with van der Waals surface area (Å²) >= 11 is 0. The maximum absolute atomic E-state index is 10.6. The molecule has 2 N–H and O–H groups in total. The van der Waals surface area contributed by atoms with Gasteiger partial charge in [0.05, 0.1) is 0 Å². The molecule has 0 amide bonds. The number of rotatable bonds is 8. The summed E-state index contributed by atoms with van der Waals surface area (Å²) in [5.41, 5.74) is 2.26. The molecule has 0 saturated carbocycles. The van der Waals surface area contributed by atoms with Crippen molar-refractivity contribution in [1.82, 2.24) is 5.32 Å². The quantitative estimate of drug-likeness (QED) is 0.734. The van der Waals surface area contributed by atoms with Crippen LogP contribution in [0.1, 0.15) is 11.1 Å². The molecule has 0 bridgehead atoms. The van der Waals surface area contributed by atoms with E-state index < -0.39 is 5.97 Å². The lowest BCUT2D eigenvalue weighted by atomic mass is 10.1. The van der Waals surface area contributed by atoms with Gasteiger partial charge in [-0.05, 0) is 24.6 Å². The third kappa shape index (κ3) is 6.16. The molecule has 0 fully saturated rings. The lowest BCUT2D eigenvalue weighted by molar-refractivity contribution is -0.139. The third-order valence-corrected chi connectivity index (χ3v) is 3.07. The molecule has 5 heteroatoms. The summed E-state index contributed by atoms with van der Waals surface area (Å²) in [7, 11) is 0. The molecule has 2 aromatic rings. The van der Waals surface area contributed by atoms with E-state index in [4.69, 9.17) is 9.84 Å². The molecule has 0 unspecified atom stereocenters. The van der Waals surface area contributed by atoms with Crippen LogP contribution < -0.4 is 10.1 Å². The molecule has 0 aliphatic carbocycles. The maximum Gasteiger partial charge on any atom is 0.341 e. The number of nitrogens with one attached hydrogen (secondary N) is 1. The molecule has 0 atom stereocenters. The van der Waals surface area contributed by atoms with Crippen LogP contribution in [0.5, 0.6) is 5.75 Å². The average Bonchev–Trinajstić information content (AvgIpc) is 2.51. The highest BCUT2D eigenvalue weighted by atomic mass is 35.5. The Hall–Kier alpha value is -2.04. The number of aliphatic carboxylic acids is 1. The van der Waals surface area contributed by atoms with Gasteiger partial charge in [0.25, 0.3) is 0 Å². The summed E-state index contributed by atoms with van der Waals surface area (Å²) in [5, 5.41) is 12.0. The molecule has 0 aliphatic heterocycles. The van der Waals surface area contributed by atoms with Gasteiger partial charge in [0.15, 0.2) is 6.61 Å². The number of carboxylic acid groups (broad SMARTS) is 1. The van der Waals surface area contributed by atoms with Crippen molar-refractivity contribution >= 4 is 18.4 Å². The average molecular weight is 322 g/mol. The van der Waals surface area contributed by atoms with Crippen molar-refractivity contribution in [2.45, 2.75) is 13.0 Å². The van der Waals surface area contributed by atoms with Gasteiger partial charge >= 0.3 is 5.97 Å². The second-order valence-electron chi connectivity index (χ2n) is 4.70. The first-order valence-electron chi connectivity index (χ1n) is 6.93. The van der Waals surface area contributed by atoms with E-state index in [1.54, 1.807) is 6.07 Å². The van der Waals surface area contributed by atoms with Crippen molar-refractivity contribution in [1.29, 1.82) is 0 Å². The standard InChI is InChI=1S/C17H19NO3.ClH/c19-17(20)13-21-16-9-5-4-8-15(16)12-18-11-10-14-6-2-1-3-7-14;/h1-9,18H,10-13H2,(H,19,20);1H. The Bertz CT molecular complexity index is 575. The number of halogens is 1. The van der Waals surface area contributed by atoms with E-state index in [0.29, 0.717) is 12.3 Å². The van der Waals surface area contributed by atoms with Crippen LogP contribution in [-0.4, -0.2) is 24.2 Å². The third-order valence-electron chi connectivity index (χ3n) is 3.07. The second-order valence-corrected chi connectivity index (χ2v) is 4.70. The first-order valence-corrected chi connectivity index (χ1v) is 6.93. The number of carboxylic acids is 1. The number of para-hydroxylation sites is 1.